The second kappa shape index (κ2) is 12.9. The molecule has 1 unspecified atom stereocenters. The van der Waals surface area contributed by atoms with E-state index in [2.05, 4.69) is 46.9 Å². The smallest absolute Gasteiger partial charge is 0.320 e. The Hall–Kier alpha value is -1.99. The predicted molar refractivity (Wildman–Crippen MR) is 122 cm³/mol. The molecule has 15 heteroatoms. The van der Waals surface area contributed by atoms with Gasteiger partial charge in [0.25, 0.3) is 0 Å². The van der Waals surface area contributed by atoms with Gasteiger partial charge in [0.2, 0.25) is 13.3 Å². The van der Waals surface area contributed by atoms with E-state index in [0.717, 1.165) is 0 Å². The highest BCUT2D eigenvalue weighted by atomic mass is 79.9. The number of carbonyl (C=O) groups excluding carboxylic acids is 1. The zero-order valence-electron chi connectivity index (χ0n) is 17.3. The summed E-state index contributed by atoms with van der Waals surface area (Å²) in [6.45, 7) is 3.85. The standard InChI is InChI=1S/C17H23BrFN6O5PS/c1-3-29-14(26)10-21-31(28,4-2)20-7-8-32-17-15(24-30-25-17)16(23-27)22-11-5-6-13(19)12(18)9-11/h5-6,9,27H,3-4,7-8,10H2,1-2H3,(H,22,23)(H2,20,21,28). The molecule has 0 spiro atoms. The van der Waals surface area contributed by atoms with Crippen molar-refractivity contribution in [2.45, 2.75) is 18.9 Å². The molecule has 2 rings (SSSR count). The fourth-order valence-electron chi connectivity index (χ4n) is 2.32. The van der Waals surface area contributed by atoms with Crippen LogP contribution < -0.4 is 15.5 Å². The van der Waals surface area contributed by atoms with Crippen LogP contribution in [0.2, 0.25) is 0 Å². The molecule has 1 aromatic heterocycles. The van der Waals surface area contributed by atoms with Crippen LogP contribution in [0.4, 0.5) is 10.1 Å². The van der Waals surface area contributed by atoms with Crippen molar-refractivity contribution in [2.24, 2.45) is 5.16 Å². The Bertz CT molecular complexity index is 994. The van der Waals surface area contributed by atoms with Crippen molar-refractivity contribution >= 4 is 52.6 Å². The Morgan fingerprint density at radius 2 is 2.16 bits per heavy atom. The molecule has 0 aliphatic carbocycles. The third kappa shape index (κ3) is 7.85. The van der Waals surface area contributed by atoms with Crippen molar-refractivity contribution in [2.75, 3.05) is 36.9 Å². The maximum atomic E-state index is 13.4. The quantitative estimate of drug-likeness (QED) is 0.0448. The molecule has 0 saturated carbocycles. The van der Waals surface area contributed by atoms with Gasteiger partial charge >= 0.3 is 5.97 Å². The Morgan fingerprint density at radius 3 is 2.81 bits per heavy atom. The van der Waals surface area contributed by atoms with Crippen molar-refractivity contribution in [1.82, 2.24) is 20.5 Å². The van der Waals surface area contributed by atoms with Gasteiger partial charge in [-0.05, 0) is 51.4 Å². The molecule has 1 aromatic carbocycles. The molecule has 0 aliphatic rings. The molecule has 1 atom stereocenters. The van der Waals surface area contributed by atoms with E-state index < -0.39 is 19.2 Å². The highest BCUT2D eigenvalue weighted by Crippen LogP contribution is 2.34. The average molecular weight is 553 g/mol. The van der Waals surface area contributed by atoms with Crippen LogP contribution in [0.25, 0.3) is 0 Å². The molecule has 1 heterocycles. The number of carbonyl (C=O) groups is 1. The van der Waals surface area contributed by atoms with Crippen molar-refractivity contribution in [3.8, 4) is 0 Å². The van der Waals surface area contributed by atoms with Crippen LogP contribution in [-0.4, -0.2) is 58.9 Å². The first-order chi connectivity index (χ1) is 15.3. The number of halogens is 2. The first-order valence-corrected chi connectivity index (χ1v) is 13.1. The SMILES string of the molecule is CCOC(=O)CNP(=O)(CC)NCCSc1nonc1C(=NO)Nc1ccc(F)c(Br)c1. The number of benzene rings is 1. The third-order valence-electron chi connectivity index (χ3n) is 3.90. The lowest BCUT2D eigenvalue weighted by molar-refractivity contribution is -0.141. The van der Waals surface area contributed by atoms with Crippen LogP contribution in [0.5, 0.6) is 0 Å². The molecule has 4 N–H and O–H groups in total. The average Bonchev–Trinajstić information content (AvgIpc) is 3.24. The Labute approximate surface area is 196 Å². The number of oxime groups is 1. The minimum Gasteiger partial charge on any atom is -0.465 e. The van der Waals surface area contributed by atoms with Gasteiger partial charge in [0, 0.05) is 24.1 Å². The first kappa shape index (κ1) is 26.3. The van der Waals surface area contributed by atoms with E-state index in [0.29, 0.717) is 29.2 Å². The van der Waals surface area contributed by atoms with E-state index in [1.54, 1.807) is 13.8 Å². The number of aromatic nitrogens is 2. The summed E-state index contributed by atoms with van der Waals surface area (Å²) >= 11 is 4.31. The fraction of sp³-hybridized carbons (Fsp3) is 0.412. The first-order valence-electron chi connectivity index (χ1n) is 9.46. The summed E-state index contributed by atoms with van der Waals surface area (Å²) in [5.74, 6) is -0.540. The number of hydrogen-bond acceptors (Lipinski definition) is 9. The molecule has 176 valence electrons. The number of thioether (sulfide) groups is 1. The van der Waals surface area contributed by atoms with Crippen LogP contribution in [-0.2, 0) is 14.1 Å². The molecule has 0 saturated heterocycles. The van der Waals surface area contributed by atoms with E-state index in [9.17, 15) is 19.0 Å². The van der Waals surface area contributed by atoms with Crippen LogP contribution in [0, 0.1) is 5.82 Å². The predicted octanol–water partition coefficient (Wildman–Crippen LogP) is 3.27. The number of anilines is 1. The number of hydrogen-bond donors (Lipinski definition) is 4. The minimum absolute atomic E-state index is 0.0458. The van der Waals surface area contributed by atoms with Gasteiger partial charge in [-0.15, -0.1) is 0 Å². The third-order valence-corrected chi connectivity index (χ3v) is 7.75. The summed E-state index contributed by atoms with van der Waals surface area (Å²) in [7, 11) is -2.96. The van der Waals surface area contributed by atoms with E-state index in [1.165, 1.54) is 30.0 Å². The van der Waals surface area contributed by atoms with E-state index in [4.69, 9.17) is 9.37 Å². The van der Waals surface area contributed by atoms with Crippen molar-refractivity contribution in [1.29, 1.82) is 0 Å². The fourth-order valence-corrected chi connectivity index (χ4v) is 5.02. The van der Waals surface area contributed by atoms with Crippen molar-refractivity contribution < 1.29 is 28.3 Å². The Morgan fingerprint density at radius 1 is 1.38 bits per heavy atom. The molecule has 2 aromatic rings. The minimum atomic E-state index is -2.96. The van der Waals surface area contributed by atoms with Crippen LogP contribution in [0.3, 0.4) is 0 Å². The molecular weight excluding hydrogens is 530 g/mol. The van der Waals surface area contributed by atoms with Gasteiger partial charge in [-0.1, -0.05) is 23.8 Å². The highest BCUT2D eigenvalue weighted by molar-refractivity contribution is 9.10. The van der Waals surface area contributed by atoms with Crippen LogP contribution in [0.15, 0.2) is 37.5 Å². The van der Waals surface area contributed by atoms with E-state index in [1.807, 2.05) is 0 Å². The van der Waals surface area contributed by atoms with Crippen LogP contribution in [0.1, 0.15) is 19.5 Å². The number of rotatable bonds is 12. The van der Waals surface area contributed by atoms with Gasteiger partial charge in [0.15, 0.2) is 10.7 Å². The maximum Gasteiger partial charge on any atom is 0.320 e. The van der Waals surface area contributed by atoms with Gasteiger partial charge < -0.3 is 15.3 Å². The van der Waals surface area contributed by atoms with Gasteiger partial charge in [0.1, 0.15) is 12.4 Å². The number of ether oxygens (including phenoxy) is 1. The largest absolute Gasteiger partial charge is 0.465 e. The summed E-state index contributed by atoms with van der Waals surface area (Å²) in [4.78, 5) is 11.5. The van der Waals surface area contributed by atoms with Gasteiger partial charge in [-0.25, -0.2) is 14.1 Å². The summed E-state index contributed by atoms with van der Waals surface area (Å²) in [5.41, 5.74) is 0.598. The van der Waals surface area contributed by atoms with Gasteiger partial charge in [-0.2, -0.15) is 0 Å². The Kier molecular flexibility index (Phi) is 10.6. The number of nitrogens with one attached hydrogen (secondary N) is 3. The lowest BCUT2D eigenvalue weighted by Crippen LogP contribution is -2.30. The number of nitrogens with zero attached hydrogens (tertiary/aromatic N) is 3. The molecular formula is C17H23BrFN6O5PS. The second-order valence-corrected chi connectivity index (χ2v) is 10.8. The summed E-state index contributed by atoms with van der Waals surface area (Å²) in [5, 5.41) is 28.9. The highest BCUT2D eigenvalue weighted by Gasteiger charge is 2.21. The van der Waals surface area contributed by atoms with E-state index >= 15 is 0 Å². The van der Waals surface area contributed by atoms with E-state index in [-0.39, 0.29) is 29.2 Å². The number of esters is 1. The molecule has 0 bridgehead atoms. The zero-order chi connectivity index (χ0) is 23.6. The molecule has 0 amide bonds. The van der Waals surface area contributed by atoms with Crippen molar-refractivity contribution in [3.05, 3.63) is 34.2 Å². The molecule has 0 fully saturated rings. The molecule has 0 aliphatic heterocycles. The normalized spacial score (nSPS) is 13.6. The molecule has 0 radical (unpaired) electrons. The van der Waals surface area contributed by atoms with Crippen molar-refractivity contribution in [3.63, 3.8) is 0 Å². The molecule has 11 nitrogen and oxygen atoms in total. The second-order valence-electron chi connectivity index (χ2n) is 6.07. The topological polar surface area (TPSA) is 151 Å². The summed E-state index contributed by atoms with van der Waals surface area (Å²) in [6, 6.07) is 4.17. The summed E-state index contributed by atoms with van der Waals surface area (Å²) in [6.07, 6.45) is 0.298. The summed E-state index contributed by atoms with van der Waals surface area (Å²) < 4.78 is 36.0. The zero-order valence-corrected chi connectivity index (χ0v) is 20.6. The maximum absolute atomic E-state index is 13.4. The monoisotopic (exact) mass is 552 g/mol. The van der Waals surface area contributed by atoms with Gasteiger partial charge in [0.05, 0.1) is 11.1 Å². The number of amidine groups is 1. The lowest BCUT2D eigenvalue weighted by atomic mass is 10.3. The van der Waals surface area contributed by atoms with Crippen LogP contribution >= 0.6 is 35.1 Å². The lowest BCUT2D eigenvalue weighted by Gasteiger charge is -2.18. The van der Waals surface area contributed by atoms with Gasteiger partial charge in [-0.3, -0.25) is 14.4 Å². The molecule has 32 heavy (non-hydrogen) atoms. The Balaban J connectivity index is 1.92.